The number of nitrogens with zero attached hydrogens (tertiary/aromatic N) is 2. The number of nitrogens with two attached hydrogens (primary N) is 1. The fourth-order valence-corrected chi connectivity index (χ4v) is 7.60. The summed E-state index contributed by atoms with van der Waals surface area (Å²) < 4.78 is 40.2. The number of rotatable bonds is 7. The largest absolute Gasteiger partial charge is 0.351 e. The van der Waals surface area contributed by atoms with E-state index in [1.165, 1.54) is 22.6 Å². The molecule has 2 N–H and O–H groups in total. The van der Waals surface area contributed by atoms with Gasteiger partial charge in [0, 0.05) is 6.54 Å². The third kappa shape index (κ3) is 5.78. The second kappa shape index (κ2) is 10.9. The van der Waals surface area contributed by atoms with Crippen molar-refractivity contribution in [1.29, 1.82) is 0 Å². The van der Waals surface area contributed by atoms with E-state index in [4.69, 9.17) is 5.73 Å². The summed E-state index contributed by atoms with van der Waals surface area (Å²) in [4.78, 5) is 16.1. The van der Waals surface area contributed by atoms with Gasteiger partial charge >= 0.3 is 6.03 Å². The Labute approximate surface area is 201 Å². The molecule has 0 saturated carbocycles. The number of primary amides is 1. The zero-order valence-corrected chi connectivity index (χ0v) is 20.3. The van der Waals surface area contributed by atoms with Crippen LogP contribution in [0.15, 0.2) is 59.5 Å². The number of carbonyl (C=O) groups is 1. The summed E-state index contributed by atoms with van der Waals surface area (Å²) in [7, 11) is -3.72. The van der Waals surface area contributed by atoms with Crippen LogP contribution in [0.5, 0.6) is 0 Å². The maximum atomic E-state index is 13.5. The predicted molar refractivity (Wildman–Crippen MR) is 130 cm³/mol. The molecule has 4 rings (SSSR count). The Kier molecular flexibility index (Phi) is 7.88. The maximum Gasteiger partial charge on any atom is 0.315 e. The van der Waals surface area contributed by atoms with Crippen LogP contribution in [-0.4, -0.2) is 55.8 Å². The Hall–Kier alpha value is -2.45. The fraction of sp³-hybridized carbons (Fsp3) is 0.500. The minimum Gasteiger partial charge on any atom is -0.351 e. The van der Waals surface area contributed by atoms with E-state index < -0.39 is 21.2 Å². The highest BCUT2D eigenvalue weighted by atomic mass is 32.2. The van der Waals surface area contributed by atoms with Crippen molar-refractivity contribution in [2.75, 3.05) is 26.2 Å². The lowest BCUT2D eigenvalue weighted by Crippen LogP contribution is -2.54. The van der Waals surface area contributed by atoms with Crippen LogP contribution in [0.1, 0.15) is 37.7 Å². The highest BCUT2D eigenvalue weighted by Crippen LogP contribution is 2.34. The smallest absolute Gasteiger partial charge is 0.315 e. The molecule has 2 atom stereocenters. The number of carbonyl (C=O) groups excluding carboxylic acids is 1. The van der Waals surface area contributed by atoms with Crippen LogP contribution in [-0.2, 0) is 16.3 Å². The van der Waals surface area contributed by atoms with Crippen molar-refractivity contribution in [1.82, 2.24) is 9.80 Å². The molecular formula is C26H34FN3O3S. The van der Waals surface area contributed by atoms with Crippen LogP contribution < -0.4 is 5.73 Å². The van der Waals surface area contributed by atoms with Crippen molar-refractivity contribution in [3.63, 3.8) is 0 Å². The standard InChI is InChI=1S/C26H34FN3O3S/c27-23-10-8-20(9-11-23)19-21-12-16-29(17-13-21)18-14-22-5-4-15-30(26(28)31)25(22)34(32,33)24-6-2-1-3-7-24/h1-3,6-11,21-22,25H,4-5,12-19H2,(H2,28,31). The monoisotopic (exact) mass is 487 g/mol. The Morgan fingerprint density at radius 1 is 0.971 bits per heavy atom. The van der Waals surface area contributed by atoms with Crippen molar-refractivity contribution >= 4 is 15.9 Å². The Morgan fingerprint density at radius 3 is 2.29 bits per heavy atom. The molecule has 0 aliphatic carbocycles. The number of amides is 2. The summed E-state index contributed by atoms with van der Waals surface area (Å²) in [6.45, 7) is 3.11. The van der Waals surface area contributed by atoms with Crippen molar-refractivity contribution in [2.24, 2.45) is 17.6 Å². The van der Waals surface area contributed by atoms with Gasteiger partial charge in [-0.15, -0.1) is 0 Å². The van der Waals surface area contributed by atoms with Gasteiger partial charge in [-0.3, -0.25) is 0 Å². The first-order chi connectivity index (χ1) is 16.3. The molecule has 2 unspecified atom stereocenters. The van der Waals surface area contributed by atoms with Gasteiger partial charge in [-0.05, 0) is 99.8 Å². The van der Waals surface area contributed by atoms with Crippen molar-refractivity contribution in [3.05, 3.63) is 66.0 Å². The lowest BCUT2D eigenvalue weighted by atomic mass is 9.89. The number of halogens is 1. The van der Waals surface area contributed by atoms with Gasteiger partial charge < -0.3 is 15.5 Å². The molecule has 34 heavy (non-hydrogen) atoms. The zero-order chi connectivity index (χ0) is 24.1. The highest BCUT2D eigenvalue weighted by molar-refractivity contribution is 7.92. The van der Waals surface area contributed by atoms with E-state index in [2.05, 4.69) is 4.90 Å². The summed E-state index contributed by atoms with van der Waals surface area (Å²) in [5.41, 5.74) is 6.78. The van der Waals surface area contributed by atoms with Gasteiger partial charge in [0.1, 0.15) is 11.2 Å². The maximum absolute atomic E-state index is 13.5. The molecule has 2 aliphatic rings. The molecular weight excluding hydrogens is 453 g/mol. The Balaban J connectivity index is 1.37. The van der Waals surface area contributed by atoms with E-state index in [1.54, 1.807) is 30.3 Å². The third-order valence-electron chi connectivity index (χ3n) is 7.32. The molecule has 2 amide bonds. The van der Waals surface area contributed by atoms with Crippen LogP contribution in [0.3, 0.4) is 0 Å². The number of hydrogen-bond acceptors (Lipinski definition) is 4. The summed E-state index contributed by atoms with van der Waals surface area (Å²) in [6.07, 6.45) is 5.34. The average Bonchev–Trinajstić information content (AvgIpc) is 2.85. The molecule has 184 valence electrons. The van der Waals surface area contributed by atoms with Crippen LogP contribution in [0.25, 0.3) is 0 Å². The molecule has 0 aromatic heterocycles. The first-order valence-electron chi connectivity index (χ1n) is 12.2. The first kappa shape index (κ1) is 24.7. The van der Waals surface area contributed by atoms with Gasteiger partial charge in [0.25, 0.3) is 0 Å². The number of piperidine rings is 2. The zero-order valence-electron chi connectivity index (χ0n) is 19.5. The van der Waals surface area contributed by atoms with Gasteiger partial charge in [-0.1, -0.05) is 30.3 Å². The van der Waals surface area contributed by atoms with E-state index >= 15 is 0 Å². The molecule has 6 nitrogen and oxygen atoms in total. The Bertz CT molecular complexity index is 1050. The van der Waals surface area contributed by atoms with Crippen molar-refractivity contribution in [3.8, 4) is 0 Å². The minimum atomic E-state index is -3.72. The summed E-state index contributed by atoms with van der Waals surface area (Å²) in [5.74, 6) is 0.222. The average molecular weight is 488 g/mol. The number of benzene rings is 2. The van der Waals surface area contributed by atoms with Crippen molar-refractivity contribution in [2.45, 2.75) is 48.8 Å². The van der Waals surface area contributed by atoms with Gasteiger partial charge in [0.2, 0.25) is 0 Å². The van der Waals surface area contributed by atoms with Crippen LogP contribution in [0.4, 0.5) is 9.18 Å². The summed E-state index contributed by atoms with van der Waals surface area (Å²) >= 11 is 0. The second-order valence-corrected chi connectivity index (χ2v) is 11.6. The van der Waals surface area contributed by atoms with Crippen LogP contribution in [0, 0.1) is 17.7 Å². The van der Waals surface area contributed by atoms with Crippen LogP contribution in [0.2, 0.25) is 0 Å². The highest BCUT2D eigenvalue weighted by Gasteiger charge is 2.43. The normalized spacial score (nSPS) is 22.6. The number of hydrogen-bond donors (Lipinski definition) is 1. The molecule has 0 bridgehead atoms. The topological polar surface area (TPSA) is 83.7 Å². The van der Waals surface area contributed by atoms with Gasteiger partial charge in [0.05, 0.1) is 4.90 Å². The fourth-order valence-electron chi connectivity index (χ4n) is 5.46. The van der Waals surface area contributed by atoms with E-state index in [1.807, 2.05) is 12.1 Å². The van der Waals surface area contributed by atoms with Gasteiger partial charge in [-0.25, -0.2) is 17.6 Å². The molecule has 2 aromatic rings. The molecule has 0 spiro atoms. The predicted octanol–water partition coefficient (Wildman–Crippen LogP) is 4.06. The van der Waals surface area contributed by atoms with E-state index in [0.717, 1.165) is 51.7 Å². The molecule has 2 aromatic carbocycles. The minimum absolute atomic E-state index is 0.150. The molecule has 2 heterocycles. The molecule has 8 heteroatoms. The molecule has 0 radical (unpaired) electrons. The lowest BCUT2D eigenvalue weighted by molar-refractivity contribution is 0.130. The summed E-state index contributed by atoms with van der Waals surface area (Å²) in [5, 5.41) is -0.919. The second-order valence-electron chi connectivity index (χ2n) is 9.59. The van der Waals surface area contributed by atoms with Gasteiger partial charge in [-0.2, -0.15) is 0 Å². The molecule has 2 fully saturated rings. The number of sulfone groups is 1. The van der Waals surface area contributed by atoms with E-state index in [9.17, 15) is 17.6 Å². The third-order valence-corrected chi connectivity index (χ3v) is 9.52. The molecule has 2 saturated heterocycles. The van der Waals surface area contributed by atoms with Crippen molar-refractivity contribution < 1.29 is 17.6 Å². The van der Waals surface area contributed by atoms with Gasteiger partial charge in [0.15, 0.2) is 9.84 Å². The first-order valence-corrected chi connectivity index (χ1v) is 13.7. The number of urea groups is 1. The lowest BCUT2D eigenvalue weighted by Gasteiger charge is -2.41. The quantitative estimate of drug-likeness (QED) is 0.638. The van der Waals surface area contributed by atoms with E-state index in [0.29, 0.717) is 18.9 Å². The SMILES string of the molecule is NC(=O)N1CCCC(CCN2CCC(Cc3ccc(F)cc3)CC2)C1S(=O)(=O)c1ccccc1. The van der Waals surface area contributed by atoms with E-state index in [-0.39, 0.29) is 16.6 Å². The Morgan fingerprint density at radius 2 is 1.65 bits per heavy atom. The molecule has 2 aliphatic heterocycles. The van der Waals surface area contributed by atoms with Crippen LogP contribution >= 0.6 is 0 Å². The number of likely N-dealkylation sites (tertiary alicyclic amines) is 2. The summed E-state index contributed by atoms with van der Waals surface area (Å²) in [6, 6.07) is 14.5.